The van der Waals surface area contributed by atoms with Crippen LogP contribution in [0.25, 0.3) is 0 Å². The number of rotatable bonds is 2. The Bertz CT molecular complexity index is 337. The summed E-state index contributed by atoms with van der Waals surface area (Å²) in [7, 11) is 0. The van der Waals surface area contributed by atoms with Crippen molar-refractivity contribution in [2.24, 2.45) is 5.73 Å². The molecule has 0 bridgehead atoms. The lowest BCUT2D eigenvalue weighted by Crippen LogP contribution is -2.39. The third-order valence-electron chi connectivity index (χ3n) is 3.41. The van der Waals surface area contributed by atoms with Crippen molar-refractivity contribution >= 4 is 5.69 Å². The minimum absolute atomic E-state index is 0.380. The Morgan fingerprint density at radius 1 is 1.27 bits per heavy atom. The Hall–Kier alpha value is -1.03. The summed E-state index contributed by atoms with van der Waals surface area (Å²) < 4.78 is 5.35. The van der Waals surface area contributed by atoms with E-state index in [0.29, 0.717) is 12.0 Å². The van der Waals surface area contributed by atoms with Gasteiger partial charge in [0.15, 0.2) is 5.76 Å². The molecule has 0 radical (unpaired) electrons. The van der Waals surface area contributed by atoms with Crippen LogP contribution in [0.2, 0.25) is 0 Å². The van der Waals surface area contributed by atoms with Crippen LogP contribution in [0.4, 0.5) is 5.69 Å². The van der Waals surface area contributed by atoms with Crippen LogP contribution in [-0.4, -0.2) is 24.3 Å². The molecule has 82 valence electrons. The first-order chi connectivity index (χ1) is 7.34. The zero-order valence-corrected chi connectivity index (χ0v) is 8.85. The van der Waals surface area contributed by atoms with Crippen LogP contribution in [0.3, 0.4) is 0 Å². The van der Waals surface area contributed by atoms with E-state index in [2.05, 4.69) is 10.1 Å². The maximum absolute atomic E-state index is 5.89. The Morgan fingerprint density at radius 2 is 2.00 bits per heavy atom. The van der Waals surface area contributed by atoms with Gasteiger partial charge in [-0.2, -0.15) is 0 Å². The maximum atomic E-state index is 5.89. The van der Waals surface area contributed by atoms with Crippen molar-refractivity contribution in [1.82, 2.24) is 5.16 Å². The first-order valence-corrected chi connectivity index (χ1v) is 5.79. The quantitative estimate of drug-likeness (QED) is 0.798. The number of aromatic nitrogens is 1. The summed E-state index contributed by atoms with van der Waals surface area (Å²) in [6, 6.07) is 0.380. The van der Waals surface area contributed by atoms with Crippen molar-refractivity contribution in [3.05, 3.63) is 12.0 Å². The van der Waals surface area contributed by atoms with E-state index in [4.69, 9.17) is 10.3 Å². The predicted octanol–water partition coefficient (Wildman–Crippen LogP) is 1.48. The van der Waals surface area contributed by atoms with E-state index in [1.165, 1.54) is 18.5 Å². The molecular weight excluding hydrogens is 190 g/mol. The van der Waals surface area contributed by atoms with Crippen LogP contribution in [0.1, 0.15) is 37.4 Å². The molecule has 0 atom stereocenters. The third kappa shape index (κ3) is 1.74. The summed E-state index contributed by atoms with van der Waals surface area (Å²) in [6.07, 6.45) is 6.54. The van der Waals surface area contributed by atoms with Gasteiger partial charge in [-0.05, 0) is 25.7 Å². The number of hydrogen-bond acceptors (Lipinski definition) is 4. The monoisotopic (exact) mass is 207 g/mol. The van der Waals surface area contributed by atoms with E-state index in [0.717, 1.165) is 31.7 Å². The van der Waals surface area contributed by atoms with Gasteiger partial charge in [0.25, 0.3) is 0 Å². The first kappa shape index (κ1) is 9.21. The van der Waals surface area contributed by atoms with Gasteiger partial charge in [0.2, 0.25) is 0 Å². The van der Waals surface area contributed by atoms with Gasteiger partial charge < -0.3 is 15.2 Å². The smallest absolute Gasteiger partial charge is 0.163 e. The molecule has 1 aromatic heterocycles. The molecule has 0 aromatic carbocycles. The van der Waals surface area contributed by atoms with Gasteiger partial charge in [0.05, 0.1) is 6.20 Å². The molecule has 0 spiro atoms. The molecule has 4 nitrogen and oxygen atoms in total. The van der Waals surface area contributed by atoms with Crippen LogP contribution in [0.5, 0.6) is 0 Å². The average Bonchev–Trinajstić information content (AvgIpc) is 2.98. The fourth-order valence-electron chi connectivity index (χ4n) is 2.25. The summed E-state index contributed by atoms with van der Waals surface area (Å²) in [4.78, 5) is 2.37. The standard InChI is InChI=1S/C11H17N3O/c12-9-3-5-14(6-4-9)10-7-13-15-11(10)8-1-2-8/h7-9H,1-6,12H2. The second-order valence-corrected chi connectivity index (χ2v) is 4.67. The van der Waals surface area contributed by atoms with Crippen LogP contribution < -0.4 is 10.6 Å². The minimum Gasteiger partial charge on any atom is -0.367 e. The number of hydrogen-bond donors (Lipinski definition) is 1. The van der Waals surface area contributed by atoms with Crippen LogP contribution in [-0.2, 0) is 0 Å². The molecule has 1 aromatic rings. The summed E-state index contributed by atoms with van der Waals surface area (Å²) in [5, 5.41) is 3.93. The highest BCUT2D eigenvalue weighted by atomic mass is 16.5. The first-order valence-electron chi connectivity index (χ1n) is 5.79. The zero-order chi connectivity index (χ0) is 10.3. The Kier molecular flexibility index (Phi) is 2.16. The van der Waals surface area contributed by atoms with Crippen molar-refractivity contribution in [2.45, 2.75) is 37.6 Å². The molecule has 2 N–H and O–H groups in total. The van der Waals surface area contributed by atoms with Gasteiger partial charge >= 0.3 is 0 Å². The largest absolute Gasteiger partial charge is 0.367 e. The van der Waals surface area contributed by atoms with Crippen LogP contribution in [0.15, 0.2) is 10.7 Å². The molecule has 2 fully saturated rings. The van der Waals surface area contributed by atoms with E-state index >= 15 is 0 Å². The molecule has 15 heavy (non-hydrogen) atoms. The normalized spacial score (nSPS) is 23.4. The van der Waals surface area contributed by atoms with E-state index in [-0.39, 0.29) is 0 Å². The molecule has 4 heteroatoms. The number of nitrogens with two attached hydrogens (primary N) is 1. The number of nitrogens with zero attached hydrogens (tertiary/aromatic N) is 2. The zero-order valence-electron chi connectivity index (χ0n) is 8.85. The topological polar surface area (TPSA) is 55.3 Å². The van der Waals surface area contributed by atoms with Gasteiger partial charge in [0, 0.05) is 25.0 Å². The van der Waals surface area contributed by atoms with Crippen LogP contribution in [0, 0.1) is 0 Å². The summed E-state index contributed by atoms with van der Waals surface area (Å²) in [6.45, 7) is 2.09. The molecule has 1 aliphatic carbocycles. The van der Waals surface area contributed by atoms with Crippen LogP contribution >= 0.6 is 0 Å². The van der Waals surface area contributed by atoms with Crippen molar-refractivity contribution in [2.75, 3.05) is 18.0 Å². The molecule has 2 aliphatic rings. The van der Waals surface area contributed by atoms with E-state index in [9.17, 15) is 0 Å². The fraction of sp³-hybridized carbons (Fsp3) is 0.727. The Morgan fingerprint density at radius 3 is 2.67 bits per heavy atom. The minimum atomic E-state index is 0.380. The lowest BCUT2D eigenvalue weighted by molar-refractivity contribution is 0.383. The molecule has 0 amide bonds. The molecule has 2 heterocycles. The average molecular weight is 207 g/mol. The Labute approximate surface area is 89.4 Å². The van der Waals surface area contributed by atoms with Crippen molar-refractivity contribution < 1.29 is 4.52 Å². The molecule has 1 saturated carbocycles. The van der Waals surface area contributed by atoms with Crippen molar-refractivity contribution in [3.8, 4) is 0 Å². The van der Waals surface area contributed by atoms with Gasteiger partial charge in [-0.25, -0.2) is 0 Å². The highest BCUT2D eigenvalue weighted by Gasteiger charge is 2.32. The predicted molar refractivity (Wildman–Crippen MR) is 57.9 cm³/mol. The van der Waals surface area contributed by atoms with Crippen molar-refractivity contribution in [1.29, 1.82) is 0 Å². The summed E-state index contributed by atoms with van der Waals surface area (Å²) >= 11 is 0. The van der Waals surface area contributed by atoms with E-state index in [1.807, 2.05) is 6.20 Å². The maximum Gasteiger partial charge on any atom is 0.163 e. The fourth-order valence-corrected chi connectivity index (χ4v) is 2.25. The van der Waals surface area contributed by atoms with Gasteiger partial charge in [-0.15, -0.1) is 0 Å². The highest BCUT2D eigenvalue weighted by Crippen LogP contribution is 2.44. The second-order valence-electron chi connectivity index (χ2n) is 4.67. The van der Waals surface area contributed by atoms with Gasteiger partial charge in [-0.3, -0.25) is 0 Å². The lowest BCUT2D eigenvalue weighted by Gasteiger charge is -2.31. The van der Waals surface area contributed by atoms with Crippen molar-refractivity contribution in [3.63, 3.8) is 0 Å². The molecule has 1 saturated heterocycles. The number of piperidine rings is 1. The Balaban J connectivity index is 1.77. The molecular formula is C11H17N3O. The van der Waals surface area contributed by atoms with Gasteiger partial charge in [-0.1, -0.05) is 5.16 Å². The highest BCUT2D eigenvalue weighted by molar-refractivity contribution is 5.50. The van der Waals surface area contributed by atoms with E-state index in [1.54, 1.807) is 0 Å². The lowest BCUT2D eigenvalue weighted by atomic mass is 10.1. The summed E-state index contributed by atoms with van der Waals surface area (Å²) in [5.74, 6) is 1.74. The number of anilines is 1. The third-order valence-corrected chi connectivity index (χ3v) is 3.41. The summed E-state index contributed by atoms with van der Waals surface area (Å²) in [5.41, 5.74) is 7.11. The molecule has 3 rings (SSSR count). The van der Waals surface area contributed by atoms with Gasteiger partial charge in [0.1, 0.15) is 5.69 Å². The molecule has 1 aliphatic heterocycles. The molecule has 0 unspecified atom stereocenters. The van der Waals surface area contributed by atoms with E-state index < -0.39 is 0 Å². The SMILES string of the molecule is NC1CCN(c2cnoc2C2CC2)CC1. The second kappa shape index (κ2) is 3.52.